The maximum absolute atomic E-state index is 11.2. The number of rotatable bonds is 2. The summed E-state index contributed by atoms with van der Waals surface area (Å²) < 4.78 is 5.17. The van der Waals surface area contributed by atoms with E-state index in [0.29, 0.717) is 13.0 Å². The third kappa shape index (κ3) is 2.01. The predicted octanol–water partition coefficient (Wildman–Crippen LogP) is 1.16. The third-order valence-corrected chi connectivity index (χ3v) is 3.49. The molecule has 94 valence electrons. The van der Waals surface area contributed by atoms with Crippen LogP contribution in [0, 0.1) is 5.41 Å². The minimum absolute atomic E-state index is 0.163. The Labute approximate surface area is 96.0 Å². The Morgan fingerprint density at radius 3 is 2.50 bits per heavy atom. The molecule has 0 radical (unpaired) electrons. The second-order valence-corrected chi connectivity index (χ2v) is 5.47. The first-order chi connectivity index (χ1) is 7.24. The number of methoxy groups -OCH3 is 1. The van der Waals surface area contributed by atoms with Crippen LogP contribution in [0.15, 0.2) is 0 Å². The Balaban J connectivity index is 3.11. The van der Waals surface area contributed by atoms with Crippen molar-refractivity contribution in [1.82, 2.24) is 4.90 Å². The lowest BCUT2D eigenvalue weighted by molar-refractivity contribution is -0.0267. The lowest BCUT2D eigenvalue weighted by Gasteiger charge is -2.46. The molecule has 1 heterocycles. The highest BCUT2D eigenvalue weighted by Gasteiger charge is 2.54. The zero-order valence-electron chi connectivity index (χ0n) is 10.4. The van der Waals surface area contributed by atoms with Gasteiger partial charge in [-0.25, -0.2) is 4.79 Å². The van der Waals surface area contributed by atoms with E-state index in [0.717, 1.165) is 0 Å². The maximum atomic E-state index is 11.2. The Bertz CT molecular complexity index is 274. The Hall–Kier alpha value is -0.810. The average molecular weight is 231 g/mol. The summed E-state index contributed by atoms with van der Waals surface area (Å²) in [5, 5.41) is 18.9. The van der Waals surface area contributed by atoms with Gasteiger partial charge in [-0.1, -0.05) is 20.8 Å². The summed E-state index contributed by atoms with van der Waals surface area (Å²) in [4.78, 5) is 12.6. The second-order valence-electron chi connectivity index (χ2n) is 5.47. The monoisotopic (exact) mass is 231 g/mol. The van der Waals surface area contributed by atoms with Gasteiger partial charge in [-0.2, -0.15) is 0 Å². The van der Waals surface area contributed by atoms with E-state index in [1.807, 2.05) is 20.8 Å². The topological polar surface area (TPSA) is 70.0 Å². The van der Waals surface area contributed by atoms with Crippen LogP contribution in [-0.2, 0) is 4.74 Å². The van der Waals surface area contributed by atoms with Crippen molar-refractivity contribution in [2.24, 2.45) is 5.41 Å². The van der Waals surface area contributed by atoms with Crippen molar-refractivity contribution in [3.63, 3.8) is 0 Å². The van der Waals surface area contributed by atoms with Gasteiger partial charge in [0.1, 0.15) is 0 Å². The number of β-amino-alcohol motifs (C(OH)–C–C–N with tert-alkyl or cyclic N) is 1. The first kappa shape index (κ1) is 13.3. The zero-order valence-corrected chi connectivity index (χ0v) is 10.4. The summed E-state index contributed by atoms with van der Waals surface area (Å²) in [5.74, 6) is 0. The fraction of sp³-hybridized carbons (Fsp3) is 0.909. The minimum Gasteiger partial charge on any atom is -0.465 e. The number of aliphatic hydroxyl groups excluding tert-OH is 1. The van der Waals surface area contributed by atoms with E-state index in [4.69, 9.17) is 4.74 Å². The number of amides is 1. The summed E-state index contributed by atoms with van der Waals surface area (Å²) in [6.07, 6.45) is -1.18. The molecule has 1 fully saturated rings. The summed E-state index contributed by atoms with van der Waals surface area (Å²) >= 11 is 0. The maximum Gasteiger partial charge on any atom is 0.407 e. The van der Waals surface area contributed by atoms with Gasteiger partial charge in [0.25, 0.3) is 0 Å². The number of carbonyl (C=O) groups is 1. The van der Waals surface area contributed by atoms with Gasteiger partial charge in [0, 0.05) is 13.5 Å². The van der Waals surface area contributed by atoms with Crippen LogP contribution in [0.25, 0.3) is 0 Å². The van der Waals surface area contributed by atoms with Gasteiger partial charge in [-0.3, -0.25) is 4.90 Å². The van der Waals surface area contributed by atoms with Crippen LogP contribution in [0.5, 0.6) is 0 Å². The second kappa shape index (κ2) is 4.22. The molecule has 0 aliphatic carbocycles. The van der Waals surface area contributed by atoms with E-state index in [1.165, 1.54) is 4.90 Å². The van der Waals surface area contributed by atoms with Crippen molar-refractivity contribution in [1.29, 1.82) is 0 Å². The lowest BCUT2D eigenvalue weighted by Crippen LogP contribution is -2.58. The fourth-order valence-corrected chi connectivity index (χ4v) is 2.51. The molecule has 16 heavy (non-hydrogen) atoms. The Kier molecular flexibility index (Phi) is 3.50. The van der Waals surface area contributed by atoms with Crippen LogP contribution in [0.2, 0.25) is 0 Å². The molecule has 1 amide bonds. The van der Waals surface area contributed by atoms with Gasteiger partial charge in [0.05, 0.1) is 24.8 Å². The van der Waals surface area contributed by atoms with Crippen LogP contribution in [0.3, 0.4) is 0 Å². The zero-order chi connectivity index (χ0) is 12.6. The van der Waals surface area contributed by atoms with Crippen LogP contribution < -0.4 is 0 Å². The fourth-order valence-electron chi connectivity index (χ4n) is 2.51. The van der Waals surface area contributed by atoms with Crippen molar-refractivity contribution in [3.05, 3.63) is 0 Å². The van der Waals surface area contributed by atoms with E-state index in [2.05, 4.69) is 0 Å². The van der Waals surface area contributed by atoms with Crippen molar-refractivity contribution in [2.75, 3.05) is 20.3 Å². The van der Waals surface area contributed by atoms with Gasteiger partial charge in [0.15, 0.2) is 0 Å². The molecule has 2 N–H and O–H groups in total. The number of likely N-dealkylation sites (tertiary alicyclic amines) is 1. The molecule has 1 rings (SSSR count). The number of carboxylic acid groups (broad SMARTS) is 1. The molecule has 0 spiro atoms. The molecule has 1 aliphatic rings. The number of hydrogen-bond acceptors (Lipinski definition) is 3. The largest absolute Gasteiger partial charge is 0.465 e. The highest BCUT2D eigenvalue weighted by molar-refractivity contribution is 5.67. The molecule has 2 atom stereocenters. The predicted molar refractivity (Wildman–Crippen MR) is 59.4 cm³/mol. The molecule has 1 saturated heterocycles. The molecule has 5 nitrogen and oxygen atoms in total. The van der Waals surface area contributed by atoms with E-state index in [9.17, 15) is 15.0 Å². The standard InChI is InChI=1S/C11H21NO4/c1-10(2,3)11(7-16-4)5-8(13)6-12(11)9(14)15/h8,13H,5-7H2,1-4H3,(H,14,15)/t8-,11+/m1/s1. The highest BCUT2D eigenvalue weighted by Crippen LogP contribution is 2.43. The van der Waals surface area contributed by atoms with Gasteiger partial charge in [0.2, 0.25) is 0 Å². The number of aliphatic hydroxyl groups is 1. The van der Waals surface area contributed by atoms with Crippen LogP contribution in [0.4, 0.5) is 4.79 Å². The number of nitrogens with zero attached hydrogens (tertiary/aromatic N) is 1. The normalized spacial score (nSPS) is 30.8. The molecule has 0 bridgehead atoms. The molecule has 0 aromatic heterocycles. The van der Waals surface area contributed by atoms with Crippen LogP contribution >= 0.6 is 0 Å². The average Bonchev–Trinajstić information content (AvgIpc) is 2.43. The van der Waals surface area contributed by atoms with E-state index < -0.39 is 17.7 Å². The molecule has 5 heteroatoms. The van der Waals surface area contributed by atoms with E-state index >= 15 is 0 Å². The summed E-state index contributed by atoms with van der Waals surface area (Å²) in [6.45, 7) is 6.38. The van der Waals surface area contributed by atoms with Gasteiger partial charge >= 0.3 is 6.09 Å². The molecular formula is C11H21NO4. The van der Waals surface area contributed by atoms with E-state index in [-0.39, 0.29) is 12.0 Å². The quantitative estimate of drug-likeness (QED) is 0.748. The minimum atomic E-state index is -0.997. The number of ether oxygens (including phenoxy) is 1. The molecule has 0 aromatic carbocycles. The van der Waals surface area contributed by atoms with Crippen LogP contribution in [-0.4, -0.2) is 53.1 Å². The third-order valence-electron chi connectivity index (χ3n) is 3.49. The molecular weight excluding hydrogens is 210 g/mol. The lowest BCUT2D eigenvalue weighted by atomic mass is 9.72. The summed E-state index contributed by atoms with van der Waals surface area (Å²) in [5.41, 5.74) is -0.925. The summed E-state index contributed by atoms with van der Waals surface area (Å²) in [7, 11) is 1.55. The summed E-state index contributed by atoms with van der Waals surface area (Å²) in [6, 6.07) is 0. The van der Waals surface area contributed by atoms with Crippen molar-refractivity contribution in [3.8, 4) is 0 Å². The Morgan fingerprint density at radius 1 is 1.56 bits per heavy atom. The van der Waals surface area contributed by atoms with Gasteiger partial charge in [-0.15, -0.1) is 0 Å². The Morgan fingerprint density at radius 2 is 2.12 bits per heavy atom. The smallest absolute Gasteiger partial charge is 0.407 e. The molecule has 1 aliphatic heterocycles. The van der Waals surface area contributed by atoms with Gasteiger partial charge < -0.3 is 14.9 Å². The van der Waals surface area contributed by atoms with Crippen molar-refractivity contribution in [2.45, 2.75) is 38.8 Å². The molecule has 0 unspecified atom stereocenters. The van der Waals surface area contributed by atoms with E-state index in [1.54, 1.807) is 7.11 Å². The number of hydrogen-bond donors (Lipinski definition) is 2. The highest BCUT2D eigenvalue weighted by atomic mass is 16.5. The van der Waals surface area contributed by atoms with Crippen molar-refractivity contribution >= 4 is 6.09 Å². The van der Waals surface area contributed by atoms with Crippen LogP contribution in [0.1, 0.15) is 27.2 Å². The first-order valence-corrected chi connectivity index (χ1v) is 5.42. The van der Waals surface area contributed by atoms with Gasteiger partial charge in [-0.05, 0) is 5.41 Å². The molecule has 0 aromatic rings. The first-order valence-electron chi connectivity index (χ1n) is 5.42. The SMILES string of the molecule is COC[C@]1(C(C)(C)C)C[C@@H](O)CN1C(=O)O. The van der Waals surface area contributed by atoms with Crippen molar-refractivity contribution < 1.29 is 19.7 Å². The molecule has 0 saturated carbocycles.